The molecule has 0 spiro atoms. The minimum atomic E-state index is -0.635. The van der Waals surface area contributed by atoms with Crippen LogP contribution >= 0.6 is 0 Å². The summed E-state index contributed by atoms with van der Waals surface area (Å²) in [4.78, 5) is 19.2. The Morgan fingerprint density at radius 2 is 2.38 bits per heavy atom. The van der Waals surface area contributed by atoms with Crippen LogP contribution in [0.2, 0.25) is 0 Å². The predicted molar refractivity (Wildman–Crippen MR) is 47.7 cm³/mol. The molecule has 1 saturated heterocycles. The Kier molecular flexibility index (Phi) is 1.63. The predicted octanol–water partition coefficient (Wildman–Crippen LogP) is -0.659. The number of aromatic nitrogens is 2. The highest BCUT2D eigenvalue weighted by Crippen LogP contribution is 2.23. The van der Waals surface area contributed by atoms with Crippen molar-refractivity contribution in [2.75, 3.05) is 18.0 Å². The molecular weight excluding hydrogens is 170 g/mol. The second-order valence-electron chi connectivity index (χ2n) is 3.62. The zero-order chi connectivity index (χ0) is 9.47. The van der Waals surface area contributed by atoms with Gasteiger partial charge in [-0.05, 0) is 6.92 Å². The van der Waals surface area contributed by atoms with Crippen LogP contribution in [0.1, 0.15) is 6.92 Å². The lowest BCUT2D eigenvalue weighted by Crippen LogP contribution is -2.60. The molecule has 5 nitrogen and oxygen atoms in total. The van der Waals surface area contributed by atoms with Gasteiger partial charge in [0.05, 0.1) is 11.9 Å². The molecule has 1 aliphatic rings. The molecule has 1 fully saturated rings. The van der Waals surface area contributed by atoms with Crippen molar-refractivity contribution in [3.05, 3.63) is 22.7 Å². The molecule has 0 atom stereocenters. The lowest BCUT2D eigenvalue weighted by molar-refractivity contribution is 0.0305. The number of rotatable bonds is 1. The second kappa shape index (κ2) is 2.56. The SMILES string of the molecule is CC1(O)CN(c2cc(=O)[nH]cn2)C1. The quantitative estimate of drug-likeness (QED) is 0.603. The van der Waals surface area contributed by atoms with Crippen molar-refractivity contribution in [1.82, 2.24) is 9.97 Å². The van der Waals surface area contributed by atoms with Crippen molar-refractivity contribution in [3.8, 4) is 0 Å². The summed E-state index contributed by atoms with van der Waals surface area (Å²) in [6, 6.07) is 1.43. The monoisotopic (exact) mass is 181 g/mol. The number of aliphatic hydroxyl groups is 1. The van der Waals surface area contributed by atoms with Gasteiger partial charge >= 0.3 is 0 Å². The fourth-order valence-corrected chi connectivity index (χ4v) is 1.47. The maximum Gasteiger partial charge on any atom is 0.252 e. The number of nitrogens with zero attached hydrogens (tertiary/aromatic N) is 2. The van der Waals surface area contributed by atoms with Gasteiger partial charge < -0.3 is 15.0 Å². The van der Waals surface area contributed by atoms with Crippen LogP contribution in [0, 0.1) is 0 Å². The molecular formula is C8H11N3O2. The third-order valence-corrected chi connectivity index (χ3v) is 2.05. The summed E-state index contributed by atoms with van der Waals surface area (Å²) in [5.74, 6) is 0.621. The van der Waals surface area contributed by atoms with Crippen molar-refractivity contribution in [2.45, 2.75) is 12.5 Å². The van der Waals surface area contributed by atoms with Crippen LogP contribution in [0.5, 0.6) is 0 Å². The van der Waals surface area contributed by atoms with E-state index < -0.39 is 5.60 Å². The highest BCUT2D eigenvalue weighted by Gasteiger charge is 2.37. The van der Waals surface area contributed by atoms with E-state index in [1.165, 1.54) is 12.4 Å². The molecule has 0 amide bonds. The van der Waals surface area contributed by atoms with Crippen LogP contribution in [0.25, 0.3) is 0 Å². The van der Waals surface area contributed by atoms with Gasteiger partial charge in [-0.2, -0.15) is 0 Å². The third kappa shape index (κ3) is 1.55. The summed E-state index contributed by atoms with van der Waals surface area (Å²) < 4.78 is 0. The highest BCUT2D eigenvalue weighted by molar-refractivity contribution is 5.41. The molecule has 0 radical (unpaired) electrons. The molecule has 1 aromatic heterocycles. The number of hydrogen-bond donors (Lipinski definition) is 2. The molecule has 0 saturated carbocycles. The number of aromatic amines is 1. The Hall–Kier alpha value is -1.36. The summed E-state index contributed by atoms with van der Waals surface area (Å²) in [5.41, 5.74) is -0.805. The van der Waals surface area contributed by atoms with E-state index in [1.54, 1.807) is 6.92 Å². The summed E-state index contributed by atoms with van der Waals surface area (Å²) >= 11 is 0. The Labute approximate surface area is 75.0 Å². The van der Waals surface area contributed by atoms with Gasteiger partial charge in [-0.15, -0.1) is 0 Å². The topological polar surface area (TPSA) is 69.2 Å². The van der Waals surface area contributed by atoms with Crippen LogP contribution in [0.3, 0.4) is 0 Å². The smallest absolute Gasteiger partial charge is 0.252 e. The normalized spacial score (nSPS) is 19.7. The molecule has 1 aromatic rings. The van der Waals surface area contributed by atoms with E-state index in [2.05, 4.69) is 9.97 Å². The van der Waals surface area contributed by atoms with Crippen molar-refractivity contribution in [2.24, 2.45) is 0 Å². The fourth-order valence-electron chi connectivity index (χ4n) is 1.47. The average molecular weight is 181 g/mol. The van der Waals surface area contributed by atoms with Gasteiger partial charge in [0.1, 0.15) is 5.82 Å². The van der Waals surface area contributed by atoms with E-state index in [1.807, 2.05) is 4.90 Å². The third-order valence-electron chi connectivity index (χ3n) is 2.05. The number of hydrogen-bond acceptors (Lipinski definition) is 4. The molecule has 0 bridgehead atoms. The summed E-state index contributed by atoms with van der Waals surface area (Å²) in [5, 5.41) is 9.46. The Bertz CT molecular complexity index is 364. The Morgan fingerprint density at radius 3 is 2.92 bits per heavy atom. The molecule has 0 unspecified atom stereocenters. The van der Waals surface area contributed by atoms with Gasteiger partial charge in [0.25, 0.3) is 5.56 Å². The van der Waals surface area contributed by atoms with Gasteiger partial charge in [-0.1, -0.05) is 0 Å². The van der Waals surface area contributed by atoms with Crippen molar-refractivity contribution >= 4 is 5.82 Å². The van der Waals surface area contributed by atoms with E-state index in [4.69, 9.17) is 0 Å². The van der Waals surface area contributed by atoms with Gasteiger partial charge in [0.15, 0.2) is 0 Å². The highest BCUT2D eigenvalue weighted by atomic mass is 16.3. The van der Waals surface area contributed by atoms with Crippen LogP contribution in [0.15, 0.2) is 17.2 Å². The first-order valence-electron chi connectivity index (χ1n) is 4.09. The zero-order valence-electron chi connectivity index (χ0n) is 7.32. The van der Waals surface area contributed by atoms with Crippen molar-refractivity contribution in [1.29, 1.82) is 0 Å². The van der Waals surface area contributed by atoms with E-state index in [0.717, 1.165) is 0 Å². The second-order valence-corrected chi connectivity index (χ2v) is 3.62. The van der Waals surface area contributed by atoms with Gasteiger partial charge in [-0.3, -0.25) is 4.79 Å². The van der Waals surface area contributed by atoms with Crippen LogP contribution in [-0.2, 0) is 0 Å². The van der Waals surface area contributed by atoms with Crippen LogP contribution < -0.4 is 10.5 Å². The fraction of sp³-hybridized carbons (Fsp3) is 0.500. The molecule has 2 N–H and O–H groups in total. The van der Waals surface area contributed by atoms with Gasteiger partial charge in [-0.25, -0.2) is 4.98 Å². The summed E-state index contributed by atoms with van der Waals surface area (Å²) in [6.45, 7) is 2.82. The molecule has 70 valence electrons. The Morgan fingerprint density at radius 1 is 1.69 bits per heavy atom. The first kappa shape index (κ1) is 8.25. The van der Waals surface area contributed by atoms with E-state index in [0.29, 0.717) is 18.9 Å². The standard InChI is InChI=1S/C8H11N3O2/c1-8(13)3-11(4-8)6-2-7(12)10-5-9-6/h2,5,13H,3-4H2,1H3,(H,9,10,12). The molecule has 1 aliphatic heterocycles. The molecule has 5 heteroatoms. The maximum atomic E-state index is 10.9. The van der Waals surface area contributed by atoms with E-state index in [9.17, 15) is 9.90 Å². The minimum absolute atomic E-state index is 0.170. The first-order chi connectivity index (χ1) is 6.07. The van der Waals surface area contributed by atoms with E-state index >= 15 is 0 Å². The molecule has 13 heavy (non-hydrogen) atoms. The van der Waals surface area contributed by atoms with Gasteiger partial charge in [0, 0.05) is 19.2 Å². The van der Waals surface area contributed by atoms with Crippen molar-refractivity contribution < 1.29 is 5.11 Å². The van der Waals surface area contributed by atoms with Crippen molar-refractivity contribution in [3.63, 3.8) is 0 Å². The molecule has 0 aromatic carbocycles. The molecule has 2 rings (SSSR count). The first-order valence-corrected chi connectivity index (χ1v) is 4.09. The average Bonchev–Trinajstić information content (AvgIpc) is 2.00. The largest absolute Gasteiger partial charge is 0.386 e. The molecule has 2 heterocycles. The lowest BCUT2D eigenvalue weighted by atomic mass is 9.97. The summed E-state index contributed by atoms with van der Waals surface area (Å²) in [6.07, 6.45) is 1.37. The maximum absolute atomic E-state index is 10.9. The zero-order valence-corrected chi connectivity index (χ0v) is 7.32. The number of anilines is 1. The number of β-amino-alcohol motifs (C(OH)–C–C–N with tert-alkyl or cyclic N) is 1. The van der Waals surface area contributed by atoms with Crippen LogP contribution in [-0.4, -0.2) is 33.8 Å². The lowest BCUT2D eigenvalue weighted by Gasteiger charge is -2.44. The minimum Gasteiger partial charge on any atom is -0.386 e. The Balaban J connectivity index is 2.16. The summed E-state index contributed by atoms with van der Waals surface area (Å²) in [7, 11) is 0. The number of H-pyrrole nitrogens is 1. The van der Waals surface area contributed by atoms with Crippen LogP contribution in [0.4, 0.5) is 5.82 Å². The number of nitrogens with one attached hydrogen (secondary N) is 1. The van der Waals surface area contributed by atoms with E-state index in [-0.39, 0.29) is 5.56 Å². The van der Waals surface area contributed by atoms with Gasteiger partial charge in [0.2, 0.25) is 0 Å². The molecule has 0 aliphatic carbocycles.